The summed E-state index contributed by atoms with van der Waals surface area (Å²) in [6.07, 6.45) is 8.94. The number of carbonyl (C=O) groups is 1. The molecule has 0 unspecified atom stereocenters. The van der Waals surface area contributed by atoms with E-state index in [1.54, 1.807) is 4.57 Å². The SMILES string of the molecule is CC[C@H](C)n1c(SCC(=O)NCCC2=CCCCC2)nc2ccccc2c1=O. The number of hydrogen-bond donors (Lipinski definition) is 1. The van der Waals surface area contributed by atoms with Crippen molar-refractivity contribution in [3.63, 3.8) is 0 Å². The number of nitrogens with one attached hydrogen (secondary N) is 1. The number of amides is 1. The Morgan fingerprint density at radius 1 is 1.32 bits per heavy atom. The van der Waals surface area contributed by atoms with Gasteiger partial charge in [0, 0.05) is 12.6 Å². The number of rotatable bonds is 8. The van der Waals surface area contributed by atoms with Gasteiger partial charge in [-0.3, -0.25) is 14.2 Å². The highest BCUT2D eigenvalue weighted by molar-refractivity contribution is 7.99. The molecule has 150 valence electrons. The molecule has 1 aromatic carbocycles. The highest BCUT2D eigenvalue weighted by Crippen LogP contribution is 2.22. The average Bonchev–Trinajstić information content (AvgIpc) is 2.72. The molecule has 0 saturated heterocycles. The van der Waals surface area contributed by atoms with Gasteiger partial charge in [0.15, 0.2) is 5.16 Å². The Morgan fingerprint density at radius 2 is 2.14 bits per heavy atom. The lowest BCUT2D eigenvalue weighted by Gasteiger charge is -2.18. The van der Waals surface area contributed by atoms with E-state index in [1.165, 1.54) is 36.6 Å². The van der Waals surface area contributed by atoms with Crippen LogP contribution in [0.25, 0.3) is 10.9 Å². The Kier molecular flexibility index (Phi) is 7.31. The van der Waals surface area contributed by atoms with Gasteiger partial charge in [-0.2, -0.15) is 0 Å². The molecule has 1 aliphatic carbocycles. The number of para-hydroxylation sites is 1. The molecular weight excluding hydrogens is 370 g/mol. The lowest BCUT2D eigenvalue weighted by Crippen LogP contribution is -2.29. The van der Waals surface area contributed by atoms with Crippen molar-refractivity contribution in [2.24, 2.45) is 0 Å². The Labute approximate surface area is 170 Å². The Morgan fingerprint density at radius 3 is 2.89 bits per heavy atom. The third-order valence-corrected chi connectivity index (χ3v) is 6.25. The average molecular weight is 400 g/mol. The molecule has 1 aliphatic rings. The minimum absolute atomic E-state index is 0.0143. The van der Waals surface area contributed by atoms with Crippen LogP contribution in [0.15, 0.2) is 45.9 Å². The summed E-state index contributed by atoms with van der Waals surface area (Å²) in [5, 5.41) is 4.24. The Balaban J connectivity index is 1.66. The van der Waals surface area contributed by atoms with E-state index in [2.05, 4.69) is 16.4 Å². The third-order valence-electron chi connectivity index (χ3n) is 5.29. The van der Waals surface area contributed by atoms with Crippen LogP contribution in [0, 0.1) is 0 Å². The summed E-state index contributed by atoms with van der Waals surface area (Å²) in [6, 6.07) is 7.43. The topological polar surface area (TPSA) is 64.0 Å². The molecule has 0 radical (unpaired) electrons. The van der Waals surface area contributed by atoms with Crippen LogP contribution in [0.1, 0.15) is 58.4 Å². The van der Waals surface area contributed by atoms with Crippen LogP contribution in [0.2, 0.25) is 0 Å². The second kappa shape index (κ2) is 9.92. The van der Waals surface area contributed by atoms with E-state index in [1.807, 2.05) is 38.1 Å². The van der Waals surface area contributed by atoms with Crippen molar-refractivity contribution >= 4 is 28.6 Å². The number of nitrogens with zero attached hydrogens (tertiary/aromatic N) is 2. The first kappa shape index (κ1) is 20.6. The molecule has 0 spiro atoms. The van der Waals surface area contributed by atoms with Crippen LogP contribution in [-0.4, -0.2) is 27.8 Å². The summed E-state index contributed by atoms with van der Waals surface area (Å²) in [7, 11) is 0. The molecule has 1 heterocycles. The maximum Gasteiger partial charge on any atom is 0.262 e. The smallest absolute Gasteiger partial charge is 0.262 e. The number of aromatic nitrogens is 2. The number of carbonyl (C=O) groups excluding carboxylic acids is 1. The van der Waals surface area contributed by atoms with Crippen molar-refractivity contribution in [3.05, 3.63) is 46.3 Å². The molecule has 1 atom stereocenters. The standard InChI is InChI=1S/C22H29N3O2S/c1-3-16(2)25-21(27)18-11-7-8-12-19(18)24-22(25)28-15-20(26)23-14-13-17-9-5-4-6-10-17/h7-9,11-12,16H,3-6,10,13-15H2,1-2H3,(H,23,26)/t16-/m0/s1. The largest absolute Gasteiger partial charge is 0.355 e. The van der Waals surface area contributed by atoms with Crippen LogP contribution in [0.4, 0.5) is 0 Å². The first-order valence-electron chi connectivity index (χ1n) is 10.2. The van der Waals surface area contributed by atoms with Crippen molar-refractivity contribution < 1.29 is 4.79 Å². The van der Waals surface area contributed by atoms with Crippen LogP contribution >= 0.6 is 11.8 Å². The van der Waals surface area contributed by atoms with Gasteiger partial charge >= 0.3 is 0 Å². The third kappa shape index (κ3) is 5.04. The number of hydrogen-bond acceptors (Lipinski definition) is 4. The maximum absolute atomic E-state index is 12.9. The van der Waals surface area contributed by atoms with Gasteiger partial charge < -0.3 is 5.32 Å². The molecule has 1 N–H and O–H groups in total. The molecule has 0 fully saturated rings. The molecule has 0 aliphatic heterocycles. The lowest BCUT2D eigenvalue weighted by molar-refractivity contribution is -0.118. The van der Waals surface area contributed by atoms with Gasteiger partial charge in [0.1, 0.15) is 0 Å². The fourth-order valence-corrected chi connectivity index (χ4v) is 4.40. The molecule has 5 nitrogen and oxygen atoms in total. The number of benzene rings is 1. The van der Waals surface area contributed by atoms with Gasteiger partial charge in [0.2, 0.25) is 5.91 Å². The number of thioether (sulfide) groups is 1. The molecule has 3 rings (SSSR count). The van der Waals surface area contributed by atoms with Crippen molar-refractivity contribution in [1.82, 2.24) is 14.9 Å². The summed E-state index contributed by atoms with van der Waals surface area (Å²) in [4.78, 5) is 29.9. The molecule has 6 heteroatoms. The summed E-state index contributed by atoms with van der Waals surface area (Å²) in [5.74, 6) is 0.250. The fraction of sp³-hybridized carbons (Fsp3) is 0.500. The van der Waals surface area contributed by atoms with Crippen molar-refractivity contribution in [3.8, 4) is 0 Å². The van der Waals surface area contributed by atoms with Crippen molar-refractivity contribution in [2.75, 3.05) is 12.3 Å². The molecule has 0 saturated carbocycles. The van der Waals surface area contributed by atoms with E-state index in [-0.39, 0.29) is 23.3 Å². The summed E-state index contributed by atoms with van der Waals surface area (Å²) >= 11 is 1.34. The predicted molar refractivity (Wildman–Crippen MR) is 116 cm³/mol. The zero-order valence-electron chi connectivity index (χ0n) is 16.7. The first-order valence-corrected chi connectivity index (χ1v) is 11.2. The van der Waals surface area contributed by atoms with Crippen molar-refractivity contribution in [1.29, 1.82) is 0 Å². The quantitative estimate of drug-likeness (QED) is 0.404. The Hall–Kier alpha value is -2.08. The monoisotopic (exact) mass is 399 g/mol. The molecule has 1 amide bonds. The van der Waals surface area contributed by atoms with E-state index < -0.39 is 0 Å². The van der Waals surface area contributed by atoms with Crippen LogP contribution in [0.3, 0.4) is 0 Å². The van der Waals surface area contributed by atoms with E-state index >= 15 is 0 Å². The van der Waals surface area contributed by atoms with Gasteiger partial charge in [0.25, 0.3) is 5.56 Å². The minimum Gasteiger partial charge on any atom is -0.355 e. The minimum atomic E-state index is -0.0351. The summed E-state index contributed by atoms with van der Waals surface area (Å²) in [5.41, 5.74) is 2.10. The summed E-state index contributed by atoms with van der Waals surface area (Å²) in [6.45, 7) is 4.74. The van der Waals surface area contributed by atoms with E-state index in [9.17, 15) is 9.59 Å². The van der Waals surface area contributed by atoms with E-state index in [0.29, 0.717) is 22.6 Å². The molecule has 28 heavy (non-hydrogen) atoms. The van der Waals surface area contributed by atoms with Crippen LogP contribution in [0.5, 0.6) is 0 Å². The van der Waals surface area contributed by atoms with Crippen LogP contribution < -0.4 is 10.9 Å². The van der Waals surface area contributed by atoms with Crippen molar-refractivity contribution in [2.45, 2.75) is 63.6 Å². The van der Waals surface area contributed by atoms with Gasteiger partial charge in [-0.25, -0.2) is 4.98 Å². The maximum atomic E-state index is 12.9. The lowest BCUT2D eigenvalue weighted by atomic mass is 9.97. The summed E-state index contributed by atoms with van der Waals surface area (Å²) < 4.78 is 1.73. The molecule has 1 aromatic heterocycles. The fourth-order valence-electron chi connectivity index (χ4n) is 3.47. The number of allylic oxidation sites excluding steroid dienone is 1. The van der Waals surface area contributed by atoms with E-state index in [4.69, 9.17) is 0 Å². The molecule has 2 aromatic rings. The highest BCUT2D eigenvalue weighted by atomic mass is 32.2. The highest BCUT2D eigenvalue weighted by Gasteiger charge is 2.16. The molecular formula is C22H29N3O2S. The first-order chi connectivity index (χ1) is 13.6. The predicted octanol–water partition coefficient (Wildman–Crippen LogP) is 4.47. The van der Waals surface area contributed by atoms with Crippen LogP contribution in [-0.2, 0) is 4.79 Å². The van der Waals surface area contributed by atoms with Gasteiger partial charge in [0.05, 0.1) is 16.7 Å². The van der Waals surface area contributed by atoms with Gasteiger partial charge in [-0.15, -0.1) is 0 Å². The van der Waals surface area contributed by atoms with E-state index in [0.717, 1.165) is 19.3 Å². The van der Waals surface area contributed by atoms with Gasteiger partial charge in [-0.05, 0) is 57.6 Å². The normalized spacial score (nSPS) is 15.3. The van der Waals surface area contributed by atoms with Gasteiger partial charge in [-0.1, -0.05) is 42.5 Å². The second-order valence-electron chi connectivity index (χ2n) is 7.34. The zero-order chi connectivity index (χ0) is 19.9. The zero-order valence-corrected chi connectivity index (χ0v) is 17.6. The second-order valence-corrected chi connectivity index (χ2v) is 8.28. The molecule has 0 bridgehead atoms. The Bertz CT molecular complexity index is 920. The number of fused-ring (bicyclic) bond motifs is 1.